The van der Waals surface area contributed by atoms with Crippen molar-refractivity contribution in [1.82, 2.24) is 5.32 Å². The number of carbonyl (C=O) groups is 3. The Kier molecular flexibility index (Phi) is 6.30. The lowest BCUT2D eigenvalue weighted by Crippen LogP contribution is -2.32. The maximum absolute atomic E-state index is 12.0. The molecule has 0 heterocycles. The summed E-state index contributed by atoms with van der Waals surface area (Å²) in [6.07, 6.45) is -0.994. The number of benzene rings is 1. The second-order valence-electron chi connectivity index (χ2n) is 6.37. The lowest BCUT2D eigenvalue weighted by molar-refractivity contribution is -0.153. The van der Waals surface area contributed by atoms with E-state index < -0.39 is 18.0 Å². The van der Waals surface area contributed by atoms with Crippen LogP contribution in [-0.2, 0) is 19.7 Å². The molecule has 0 aliphatic carbocycles. The molecule has 0 unspecified atom stereocenters. The average Bonchev–Trinajstić information content (AvgIpc) is 2.46. The first kappa shape index (κ1) is 18.7. The zero-order chi connectivity index (χ0) is 17.6. The van der Waals surface area contributed by atoms with Crippen LogP contribution >= 0.6 is 0 Å². The van der Waals surface area contributed by atoms with E-state index in [9.17, 15) is 14.4 Å². The van der Waals surface area contributed by atoms with Gasteiger partial charge in [0.2, 0.25) is 0 Å². The van der Waals surface area contributed by atoms with Crippen molar-refractivity contribution in [1.29, 1.82) is 0 Å². The summed E-state index contributed by atoms with van der Waals surface area (Å²) in [7, 11) is 0. The van der Waals surface area contributed by atoms with Crippen LogP contribution in [0.15, 0.2) is 24.3 Å². The highest BCUT2D eigenvalue weighted by atomic mass is 16.5. The second kappa shape index (κ2) is 7.76. The molecule has 0 radical (unpaired) electrons. The van der Waals surface area contributed by atoms with Crippen LogP contribution in [0.1, 0.15) is 50.0 Å². The van der Waals surface area contributed by atoms with Gasteiger partial charge in [0.05, 0.1) is 6.42 Å². The van der Waals surface area contributed by atoms with Crippen LogP contribution in [0.25, 0.3) is 0 Å². The number of esters is 1. The Bertz CT molecular complexity index is 573. The van der Waals surface area contributed by atoms with E-state index in [-0.39, 0.29) is 24.3 Å². The fourth-order valence-electron chi connectivity index (χ4n) is 1.82. The van der Waals surface area contributed by atoms with Gasteiger partial charge in [-0.05, 0) is 30.0 Å². The van der Waals surface area contributed by atoms with E-state index in [2.05, 4.69) is 26.1 Å². The van der Waals surface area contributed by atoms with E-state index in [1.807, 2.05) is 12.1 Å². The molecular formula is C17H24N2O4. The number of hydrogen-bond donors (Lipinski definition) is 2. The number of rotatable bonds is 6. The van der Waals surface area contributed by atoms with Crippen LogP contribution in [0.4, 0.5) is 0 Å². The molecule has 1 atom stereocenters. The number of ether oxygens (including phenoxy) is 1. The molecule has 126 valence electrons. The first-order valence-electron chi connectivity index (χ1n) is 7.49. The molecule has 0 aliphatic heterocycles. The molecule has 3 N–H and O–H groups in total. The third-order valence-electron chi connectivity index (χ3n) is 3.34. The molecule has 0 bridgehead atoms. The van der Waals surface area contributed by atoms with Gasteiger partial charge < -0.3 is 15.8 Å². The Morgan fingerprint density at radius 1 is 1.17 bits per heavy atom. The molecule has 0 saturated heterocycles. The SMILES string of the molecule is C[C@@H](OC(=O)CCNC(=O)c1ccc(C(C)(C)C)cc1)C(N)=O. The third-order valence-corrected chi connectivity index (χ3v) is 3.34. The van der Waals surface area contributed by atoms with E-state index in [0.717, 1.165) is 5.56 Å². The van der Waals surface area contributed by atoms with E-state index in [1.54, 1.807) is 12.1 Å². The topological polar surface area (TPSA) is 98.5 Å². The number of carbonyl (C=O) groups excluding carboxylic acids is 3. The first-order valence-corrected chi connectivity index (χ1v) is 7.49. The molecule has 0 saturated carbocycles. The van der Waals surface area contributed by atoms with Crippen molar-refractivity contribution >= 4 is 17.8 Å². The molecule has 0 spiro atoms. The van der Waals surface area contributed by atoms with Crippen LogP contribution in [-0.4, -0.2) is 30.4 Å². The molecule has 0 aliphatic rings. The number of amides is 2. The van der Waals surface area contributed by atoms with Crippen molar-refractivity contribution in [3.8, 4) is 0 Å². The van der Waals surface area contributed by atoms with Gasteiger partial charge >= 0.3 is 5.97 Å². The molecule has 2 amide bonds. The quantitative estimate of drug-likeness (QED) is 0.776. The standard InChI is InChI=1S/C17H24N2O4/c1-11(15(18)21)23-14(20)9-10-19-16(22)12-5-7-13(8-6-12)17(2,3)4/h5-8,11H,9-10H2,1-4H3,(H2,18,21)(H,19,22)/t11-/m1/s1. The minimum atomic E-state index is -0.969. The molecule has 6 heteroatoms. The van der Waals surface area contributed by atoms with Gasteiger partial charge in [-0.1, -0.05) is 32.9 Å². The molecule has 1 rings (SSSR count). The van der Waals surface area contributed by atoms with Gasteiger partial charge in [-0.15, -0.1) is 0 Å². The second-order valence-corrected chi connectivity index (χ2v) is 6.37. The van der Waals surface area contributed by atoms with Gasteiger partial charge in [-0.25, -0.2) is 0 Å². The van der Waals surface area contributed by atoms with Crippen molar-refractivity contribution in [3.63, 3.8) is 0 Å². The molecule has 23 heavy (non-hydrogen) atoms. The Hall–Kier alpha value is -2.37. The Morgan fingerprint density at radius 2 is 1.74 bits per heavy atom. The Morgan fingerprint density at radius 3 is 2.22 bits per heavy atom. The molecule has 6 nitrogen and oxygen atoms in total. The summed E-state index contributed by atoms with van der Waals surface area (Å²) in [6, 6.07) is 7.34. The predicted molar refractivity (Wildman–Crippen MR) is 86.8 cm³/mol. The third kappa shape index (κ3) is 6.10. The summed E-state index contributed by atoms with van der Waals surface area (Å²) in [6.45, 7) is 7.82. The van der Waals surface area contributed by atoms with Crippen LogP contribution < -0.4 is 11.1 Å². The summed E-state index contributed by atoms with van der Waals surface area (Å²) in [5.41, 5.74) is 6.68. The maximum atomic E-state index is 12.0. The summed E-state index contributed by atoms with van der Waals surface area (Å²) < 4.78 is 4.79. The highest BCUT2D eigenvalue weighted by Gasteiger charge is 2.16. The lowest BCUT2D eigenvalue weighted by Gasteiger charge is -2.19. The largest absolute Gasteiger partial charge is 0.453 e. The van der Waals surface area contributed by atoms with Crippen molar-refractivity contribution in [2.24, 2.45) is 5.73 Å². The van der Waals surface area contributed by atoms with Crippen LogP contribution in [0.5, 0.6) is 0 Å². The molecular weight excluding hydrogens is 296 g/mol. The van der Waals surface area contributed by atoms with Crippen molar-refractivity contribution in [3.05, 3.63) is 35.4 Å². The van der Waals surface area contributed by atoms with E-state index in [1.165, 1.54) is 6.92 Å². The summed E-state index contributed by atoms with van der Waals surface area (Å²) >= 11 is 0. The Labute approximate surface area is 136 Å². The molecule has 0 aromatic heterocycles. The van der Waals surface area contributed by atoms with Gasteiger partial charge in [-0.3, -0.25) is 14.4 Å². The van der Waals surface area contributed by atoms with Crippen molar-refractivity contribution in [2.45, 2.75) is 45.6 Å². The fraction of sp³-hybridized carbons (Fsp3) is 0.471. The van der Waals surface area contributed by atoms with Crippen molar-refractivity contribution in [2.75, 3.05) is 6.54 Å². The zero-order valence-electron chi connectivity index (χ0n) is 14.0. The number of nitrogens with one attached hydrogen (secondary N) is 1. The minimum absolute atomic E-state index is 0.0237. The fourth-order valence-corrected chi connectivity index (χ4v) is 1.82. The van der Waals surface area contributed by atoms with Crippen LogP contribution in [0.2, 0.25) is 0 Å². The number of primary amides is 1. The normalized spacial score (nSPS) is 12.3. The van der Waals surface area contributed by atoms with Crippen molar-refractivity contribution < 1.29 is 19.1 Å². The van der Waals surface area contributed by atoms with E-state index in [4.69, 9.17) is 10.5 Å². The Balaban J connectivity index is 2.45. The summed E-state index contributed by atoms with van der Waals surface area (Å²) in [4.78, 5) is 34.2. The average molecular weight is 320 g/mol. The minimum Gasteiger partial charge on any atom is -0.453 e. The van der Waals surface area contributed by atoms with E-state index >= 15 is 0 Å². The predicted octanol–water partition coefficient (Wildman–Crippen LogP) is 1.52. The monoisotopic (exact) mass is 320 g/mol. The van der Waals surface area contributed by atoms with Crippen LogP contribution in [0, 0.1) is 0 Å². The smallest absolute Gasteiger partial charge is 0.308 e. The van der Waals surface area contributed by atoms with E-state index in [0.29, 0.717) is 5.56 Å². The highest BCUT2D eigenvalue weighted by Crippen LogP contribution is 2.22. The lowest BCUT2D eigenvalue weighted by atomic mass is 9.87. The molecule has 1 aromatic carbocycles. The van der Waals surface area contributed by atoms with Gasteiger partial charge in [0.15, 0.2) is 6.10 Å². The first-order chi connectivity index (χ1) is 10.6. The highest BCUT2D eigenvalue weighted by molar-refractivity contribution is 5.94. The van der Waals surface area contributed by atoms with Crippen LogP contribution in [0.3, 0.4) is 0 Å². The number of nitrogens with two attached hydrogens (primary N) is 1. The number of hydrogen-bond acceptors (Lipinski definition) is 4. The maximum Gasteiger partial charge on any atom is 0.308 e. The van der Waals surface area contributed by atoms with Gasteiger partial charge in [0.25, 0.3) is 11.8 Å². The summed E-state index contributed by atoms with van der Waals surface area (Å²) in [5, 5.41) is 2.63. The van der Waals surface area contributed by atoms with Gasteiger partial charge in [0, 0.05) is 12.1 Å². The molecule has 1 aromatic rings. The van der Waals surface area contributed by atoms with Gasteiger partial charge in [-0.2, -0.15) is 0 Å². The molecule has 0 fully saturated rings. The zero-order valence-corrected chi connectivity index (χ0v) is 14.0. The summed E-state index contributed by atoms with van der Waals surface area (Å²) in [5.74, 6) is -1.55. The van der Waals surface area contributed by atoms with Gasteiger partial charge in [0.1, 0.15) is 0 Å².